The van der Waals surface area contributed by atoms with Gasteiger partial charge in [0.1, 0.15) is 11.4 Å². The number of aromatic nitrogens is 3. The van der Waals surface area contributed by atoms with Gasteiger partial charge in [-0.3, -0.25) is 0 Å². The molecule has 0 unspecified atom stereocenters. The molecule has 4 nitrogen and oxygen atoms in total. The van der Waals surface area contributed by atoms with E-state index in [0.717, 1.165) is 36.5 Å². The zero-order valence-corrected chi connectivity index (χ0v) is 12.3. The molecule has 0 radical (unpaired) electrons. The van der Waals surface area contributed by atoms with Gasteiger partial charge >= 0.3 is 0 Å². The lowest BCUT2D eigenvalue weighted by Crippen LogP contribution is -2.16. The van der Waals surface area contributed by atoms with Gasteiger partial charge in [-0.2, -0.15) is 15.4 Å². The number of H-pyrrole nitrogens is 1. The van der Waals surface area contributed by atoms with Crippen molar-refractivity contribution in [1.82, 2.24) is 20.7 Å². The molecule has 0 fully saturated rings. The third-order valence-electron chi connectivity index (χ3n) is 3.97. The molecule has 110 valence electrons. The zero-order chi connectivity index (χ0) is 14.3. The second-order valence-electron chi connectivity index (χ2n) is 5.52. The van der Waals surface area contributed by atoms with Crippen LogP contribution in [0.3, 0.4) is 0 Å². The van der Waals surface area contributed by atoms with E-state index in [0.29, 0.717) is 0 Å². The maximum Gasteiger partial charge on any atom is 0.117 e. The Bertz CT molecular complexity index is 586. The Kier molecular flexibility index (Phi) is 4.79. The van der Waals surface area contributed by atoms with Crippen molar-refractivity contribution in [2.45, 2.75) is 38.6 Å². The van der Waals surface area contributed by atoms with Crippen LogP contribution in [0.5, 0.6) is 0 Å². The standard InChI is InChI=1S/C17H22N4/c1-3-7-14(8-4-1)11-12-18-13-16-17(20-21-19-16)15-9-5-2-6-10-15/h2,5-7,9-10,18H,1,3-4,8,11-13H2,(H,19,20,21). The first-order chi connectivity index (χ1) is 10.4. The van der Waals surface area contributed by atoms with Gasteiger partial charge in [-0.1, -0.05) is 42.0 Å². The van der Waals surface area contributed by atoms with Crippen LogP contribution in [-0.2, 0) is 6.54 Å². The molecule has 1 aliphatic rings. The van der Waals surface area contributed by atoms with Crippen molar-refractivity contribution in [2.24, 2.45) is 0 Å². The Labute approximate surface area is 125 Å². The Hall–Kier alpha value is -1.94. The van der Waals surface area contributed by atoms with Crippen LogP contribution < -0.4 is 5.32 Å². The van der Waals surface area contributed by atoms with Crippen molar-refractivity contribution in [3.63, 3.8) is 0 Å². The number of hydrogen-bond acceptors (Lipinski definition) is 3. The van der Waals surface area contributed by atoms with Gasteiger partial charge in [0.15, 0.2) is 0 Å². The lowest BCUT2D eigenvalue weighted by atomic mass is 9.97. The third-order valence-corrected chi connectivity index (χ3v) is 3.97. The minimum atomic E-state index is 0.758. The topological polar surface area (TPSA) is 53.6 Å². The van der Waals surface area contributed by atoms with Crippen LogP contribution >= 0.6 is 0 Å². The molecule has 0 aliphatic heterocycles. The summed E-state index contributed by atoms with van der Waals surface area (Å²) in [6.07, 6.45) is 8.82. The molecule has 0 spiro atoms. The zero-order valence-electron chi connectivity index (χ0n) is 12.3. The highest BCUT2D eigenvalue weighted by molar-refractivity contribution is 5.60. The summed E-state index contributed by atoms with van der Waals surface area (Å²) in [4.78, 5) is 0. The van der Waals surface area contributed by atoms with Crippen molar-refractivity contribution in [2.75, 3.05) is 6.54 Å². The molecule has 0 saturated carbocycles. The Morgan fingerprint density at radius 1 is 1.10 bits per heavy atom. The summed E-state index contributed by atoms with van der Waals surface area (Å²) in [5, 5.41) is 14.7. The van der Waals surface area contributed by atoms with Gasteiger partial charge < -0.3 is 5.32 Å². The van der Waals surface area contributed by atoms with E-state index in [2.05, 4.69) is 38.9 Å². The molecule has 2 aromatic rings. The van der Waals surface area contributed by atoms with Crippen molar-refractivity contribution in [1.29, 1.82) is 0 Å². The van der Waals surface area contributed by atoms with Crippen molar-refractivity contribution in [3.05, 3.63) is 47.7 Å². The highest BCUT2D eigenvalue weighted by atomic mass is 15.3. The van der Waals surface area contributed by atoms with Gasteiger partial charge in [-0.25, -0.2) is 0 Å². The van der Waals surface area contributed by atoms with Crippen LogP contribution in [0.2, 0.25) is 0 Å². The molecule has 21 heavy (non-hydrogen) atoms. The fourth-order valence-corrected chi connectivity index (χ4v) is 2.79. The number of hydrogen-bond donors (Lipinski definition) is 2. The number of allylic oxidation sites excluding steroid dienone is 1. The normalized spacial score (nSPS) is 15.0. The van der Waals surface area contributed by atoms with E-state index in [1.54, 1.807) is 5.57 Å². The van der Waals surface area contributed by atoms with Crippen molar-refractivity contribution < 1.29 is 0 Å². The first-order valence-corrected chi connectivity index (χ1v) is 7.77. The molecule has 1 heterocycles. The van der Waals surface area contributed by atoms with Gasteiger partial charge in [0.25, 0.3) is 0 Å². The number of nitrogens with one attached hydrogen (secondary N) is 2. The lowest BCUT2D eigenvalue weighted by molar-refractivity contribution is 0.627. The van der Waals surface area contributed by atoms with Crippen molar-refractivity contribution in [3.8, 4) is 11.3 Å². The van der Waals surface area contributed by atoms with Crippen molar-refractivity contribution >= 4 is 0 Å². The molecule has 0 atom stereocenters. The number of benzene rings is 1. The molecule has 0 saturated heterocycles. The summed E-state index contributed by atoms with van der Waals surface area (Å²) < 4.78 is 0. The van der Waals surface area contributed by atoms with E-state index in [1.165, 1.54) is 25.7 Å². The number of aromatic amines is 1. The molecular formula is C17H22N4. The van der Waals surface area contributed by atoms with E-state index in [9.17, 15) is 0 Å². The third kappa shape index (κ3) is 3.79. The summed E-state index contributed by atoms with van der Waals surface area (Å²) in [6.45, 7) is 1.76. The summed E-state index contributed by atoms with van der Waals surface area (Å²) in [7, 11) is 0. The molecule has 1 aromatic carbocycles. The smallest absolute Gasteiger partial charge is 0.117 e. The lowest BCUT2D eigenvalue weighted by Gasteiger charge is -2.12. The van der Waals surface area contributed by atoms with Crippen LogP contribution in [0.4, 0.5) is 0 Å². The Morgan fingerprint density at radius 3 is 2.81 bits per heavy atom. The molecular weight excluding hydrogens is 260 g/mol. The molecule has 3 rings (SSSR count). The molecule has 0 amide bonds. The minimum absolute atomic E-state index is 0.758. The second kappa shape index (κ2) is 7.18. The fraction of sp³-hybridized carbons (Fsp3) is 0.412. The van der Waals surface area contributed by atoms with Gasteiger partial charge in [0.05, 0.1) is 0 Å². The highest BCUT2D eigenvalue weighted by Crippen LogP contribution is 2.20. The predicted molar refractivity (Wildman–Crippen MR) is 84.7 cm³/mol. The van der Waals surface area contributed by atoms with Crippen LogP contribution in [0.25, 0.3) is 11.3 Å². The average Bonchev–Trinajstić information content (AvgIpc) is 3.02. The van der Waals surface area contributed by atoms with Crippen LogP contribution in [0.15, 0.2) is 42.0 Å². The highest BCUT2D eigenvalue weighted by Gasteiger charge is 2.09. The molecule has 1 aliphatic carbocycles. The first-order valence-electron chi connectivity index (χ1n) is 7.77. The second-order valence-corrected chi connectivity index (χ2v) is 5.52. The van der Waals surface area contributed by atoms with Crippen LogP contribution in [0.1, 0.15) is 37.8 Å². The monoisotopic (exact) mass is 282 g/mol. The van der Waals surface area contributed by atoms with E-state index < -0.39 is 0 Å². The van der Waals surface area contributed by atoms with Crippen LogP contribution in [0, 0.1) is 0 Å². The van der Waals surface area contributed by atoms with E-state index in [4.69, 9.17) is 0 Å². The Balaban J connectivity index is 1.52. The minimum Gasteiger partial charge on any atom is -0.311 e. The maximum atomic E-state index is 4.27. The quantitative estimate of drug-likeness (QED) is 0.630. The molecule has 4 heteroatoms. The summed E-state index contributed by atoms with van der Waals surface area (Å²) in [5.74, 6) is 0. The van der Waals surface area contributed by atoms with E-state index in [1.807, 2.05) is 18.2 Å². The summed E-state index contributed by atoms with van der Waals surface area (Å²) in [6, 6.07) is 10.2. The number of rotatable bonds is 6. The fourth-order valence-electron chi connectivity index (χ4n) is 2.79. The van der Waals surface area contributed by atoms with E-state index >= 15 is 0 Å². The largest absolute Gasteiger partial charge is 0.311 e. The van der Waals surface area contributed by atoms with Gasteiger partial charge in [0, 0.05) is 12.1 Å². The maximum absolute atomic E-state index is 4.27. The van der Waals surface area contributed by atoms with Gasteiger partial charge in [-0.05, 0) is 38.6 Å². The van der Waals surface area contributed by atoms with Gasteiger partial charge in [0.2, 0.25) is 0 Å². The summed E-state index contributed by atoms with van der Waals surface area (Å²) in [5.41, 5.74) is 4.65. The molecule has 0 bridgehead atoms. The summed E-state index contributed by atoms with van der Waals surface area (Å²) >= 11 is 0. The molecule has 2 N–H and O–H groups in total. The van der Waals surface area contributed by atoms with Gasteiger partial charge in [-0.15, -0.1) is 0 Å². The average molecular weight is 282 g/mol. The molecule has 1 aromatic heterocycles. The SMILES string of the molecule is C1=C(CCNCc2n[nH]nc2-c2ccccc2)CCCC1. The number of nitrogens with zero attached hydrogens (tertiary/aromatic N) is 2. The Morgan fingerprint density at radius 2 is 2.00 bits per heavy atom. The van der Waals surface area contributed by atoms with E-state index in [-0.39, 0.29) is 0 Å². The van der Waals surface area contributed by atoms with Crippen LogP contribution in [-0.4, -0.2) is 22.0 Å². The first kappa shape index (κ1) is 14.0. The predicted octanol–water partition coefficient (Wildman–Crippen LogP) is 3.45.